The van der Waals surface area contributed by atoms with E-state index in [0.29, 0.717) is 10.9 Å². The molecule has 1 amide bonds. The minimum atomic E-state index is -0.599. The molecule has 0 saturated heterocycles. The zero-order chi connectivity index (χ0) is 14.5. The van der Waals surface area contributed by atoms with E-state index in [2.05, 4.69) is 15.5 Å². The fourth-order valence-electron chi connectivity index (χ4n) is 1.48. The van der Waals surface area contributed by atoms with Crippen LogP contribution in [0.1, 0.15) is 12.5 Å². The fraction of sp³-hybridized carbons (Fsp3) is 0.308. The molecule has 0 spiro atoms. The third-order valence-electron chi connectivity index (χ3n) is 2.58. The Hall–Kier alpha value is -1.60. The Balaban J connectivity index is 1.97. The first kappa shape index (κ1) is 14.8. The van der Waals surface area contributed by atoms with E-state index in [1.165, 1.54) is 23.1 Å². The number of nitrogens with one attached hydrogen (secondary N) is 1. The molecular weight excluding hydrogens is 294 g/mol. The number of aryl methyl sites for hydroxylation is 1. The maximum atomic E-state index is 12.0. The van der Waals surface area contributed by atoms with Gasteiger partial charge in [0.15, 0.2) is 10.4 Å². The number of benzene rings is 1. The number of thioether (sulfide) groups is 1. The number of carbonyl (C=O) groups excluding carboxylic acids is 1. The van der Waals surface area contributed by atoms with Crippen molar-refractivity contribution in [2.24, 2.45) is 0 Å². The van der Waals surface area contributed by atoms with Crippen LogP contribution in [0.2, 0.25) is 0 Å². The minimum absolute atomic E-state index is 0.239. The molecule has 1 N–H and O–H groups in total. The van der Waals surface area contributed by atoms with Crippen LogP contribution in [0.5, 0.6) is 5.75 Å². The fourth-order valence-corrected chi connectivity index (χ4v) is 2.66. The van der Waals surface area contributed by atoms with Crippen molar-refractivity contribution in [3.05, 3.63) is 29.8 Å². The van der Waals surface area contributed by atoms with E-state index >= 15 is 0 Å². The minimum Gasteiger partial charge on any atom is -0.481 e. The summed E-state index contributed by atoms with van der Waals surface area (Å²) in [7, 11) is 0. The van der Waals surface area contributed by atoms with E-state index in [1.54, 1.807) is 6.92 Å². The Bertz CT molecular complexity index is 601. The third-order valence-corrected chi connectivity index (χ3v) is 4.39. The Morgan fingerprint density at radius 1 is 1.40 bits per heavy atom. The summed E-state index contributed by atoms with van der Waals surface area (Å²) in [6.07, 6.45) is 1.31. The van der Waals surface area contributed by atoms with Gasteiger partial charge in [0.1, 0.15) is 5.75 Å². The van der Waals surface area contributed by atoms with Gasteiger partial charge in [-0.3, -0.25) is 10.1 Å². The predicted octanol–water partition coefficient (Wildman–Crippen LogP) is 2.97. The lowest BCUT2D eigenvalue weighted by molar-refractivity contribution is -0.122. The number of nitrogens with zero attached hydrogens (tertiary/aromatic N) is 2. The summed E-state index contributed by atoms with van der Waals surface area (Å²) in [6.45, 7) is 3.65. The second kappa shape index (κ2) is 6.71. The Labute approximate surface area is 125 Å². The number of aromatic nitrogens is 2. The van der Waals surface area contributed by atoms with Gasteiger partial charge >= 0.3 is 0 Å². The molecule has 0 aliphatic carbocycles. The van der Waals surface area contributed by atoms with Crippen molar-refractivity contribution < 1.29 is 9.53 Å². The zero-order valence-electron chi connectivity index (χ0n) is 11.4. The number of rotatable bonds is 5. The molecule has 0 radical (unpaired) electrons. The van der Waals surface area contributed by atoms with Crippen LogP contribution in [0.25, 0.3) is 0 Å². The molecule has 0 saturated carbocycles. The number of carbonyl (C=O) groups is 1. The number of para-hydroxylation sites is 1. The highest BCUT2D eigenvalue weighted by molar-refractivity contribution is 8.00. The largest absolute Gasteiger partial charge is 0.481 e. The van der Waals surface area contributed by atoms with Crippen molar-refractivity contribution in [1.82, 2.24) is 10.2 Å². The molecule has 1 heterocycles. The molecule has 1 aromatic heterocycles. The van der Waals surface area contributed by atoms with Crippen LogP contribution in [0.3, 0.4) is 0 Å². The second-order valence-electron chi connectivity index (χ2n) is 4.09. The molecule has 106 valence electrons. The summed E-state index contributed by atoms with van der Waals surface area (Å²) in [5.74, 6) is 0.467. The van der Waals surface area contributed by atoms with E-state index in [1.807, 2.05) is 37.4 Å². The number of amides is 1. The maximum Gasteiger partial charge on any atom is 0.266 e. The molecule has 7 heteroatoms. The van der Waals surface area contributed by atoms with Gasteiger partial charge in [0.05, 0.1) is 0 Å². The van der Waals surface area contributed by atoms with E-state index in [0.717, 1.165) is 9.90 Å². The van der Waals surface area contributed by atoms with Crippen LogP contribution in [-0.2, 0) is 4.79 Å². The predicted molar refractivity (Wildman–Crippen MR) is 81.6 cm³/mol. The van der Waals surface area contributed by atoms with Crippen molar-refractivity contribution in [2.45, 2.75) is 24.3 Å². The van der Waals surface area contributed by atoms with E-state index in [9.17, 15) is 4.79 Å². The molecule has 0 aliphatic heterocycles. The van der Waals surface area contributed by atoms with Gasteiger partial charge in [-0.1, -0.05) is 41.3 Å². The van der Waals surface area contributed by atoms with Crippen LogP contribution >= 0.6 is 23.1 Å². The van der Waals surface area contributed by atoms with Gasteiger partial charge in [0.25, 0.3) is 5.91 Å². The first-order valence-electron chi connectivity index (χ1n) is 6.01. The quantitative estimate of drug-likeness (QED) is 0.679. The molecule has 0 bridgehead atoms. The summed E-state index contributed by atoms with van der Waals surface area (Å²) in [5, 5.41) is 11.0. The molecule has 0 fully saturated rings. The highest BCUT2D eigenvalue weighted by atomic mass is 32.2. The van der Waals surface area contributed by atoms with Crippen molar-refractivity contribution in [2.75, 3.05) is 11.6 Å². The monoisotopic (exact) mass is 309 g/mol. The van der Waals surface area contributed by atoms with Gasteiger partial charge in [0, 0.05) is 0 Å². The highest BCUT2D eigenvalue weighted by Gasteiger charge is 2.17. The Kier molecular flexibility index (Phi) is 4.97. The van der Waals surface area contributed by atoms with Gasteiger partial charge < -0.3 is 4.74 Å². The van der Waals surface area contributed by atoms with Crippen molar-refractivity contribution in [1.29, 1.82) is 0 Å². The molecule has 1 aromatic carbocycles. The lowest BCUT2D eigenvalue weighted by Crippen LogP contribution is -2.30. The number of anilines is 1. The van der Waals surface area contributed by atoms with Crippen molar-refractivity contribution in [3.8, 4) is 5.75 Å². The van der Waals surface area contributed by atoms with Crippen molar-refractivity contribution in [3.63, 3.8) is 0 Å². The van der Waals surface area contributed by atoms with E-state index < -0.39 is 6.10 Å². The lowest BCUT2D eigenvalue weighted by atomic mass is 10.2. The normalized spacial score (nSPS) is 11.9. The maximum absolute atomic E-state index is 12.0. The molecule has 1 atom stereocenters. The van der Waals surface area contributed by atoms with Crippen LogP contribution in [0, 0.1) is 6.92 Å². The summed E-state index contributed by atoms with van der Waals surface area (Å²) in [6, 6.07) is 7.59. The number of hydrogen-bond donors (Lipinski definition) is 1. The summed E-state index contributed by atoms with van der Waals surface area (Å²) in [5.41, 5.74) is 0.993. The van der Waals surface area contributed by atoms with Gasteiger partial charge in [-0.2, -0.15) is 0 Å². The standard InChI is InChI=1S/C13H15N3O2S2/c1-8-6-4-5-7-10(8)18-9(2)11(17)14-12-15-16-13(19-3)20-12/h4-7,9H,1-3H3,(H,14,15,17)/t9-/m0/s1. The second-order valence-corrected chi connectivity index (χ2v) is 6.12. The summed E-state index contributed by atoms with van der Waals surface area (Å²) >= 11 is 2.83. The smallest absolute Gasteiger partial charge is 0.266 e. The van der Waals surface area contributed by atoms with Crippen LogP contribution in [0.4, 0.5) is 5.13 Å². The number of hydrogen-bond acceptors (Lipinski definition) is 6. The Morgan fingerprint density at radius 2 is 2.15 bits per heavy atom. The first-order valence-corrected chi connectivity index (χ1v) is 8.05. The average molecular weight is 309 g/mol. The lowest BCUT2D eigenvalue weighted by Gasteiger charge is -2.15. The molecule has 0 unspecified atom stereocenters. The van der Waals surface area contributed by atoms with Gasteiger partial charge in [-0.05, 0) is 31.7 Å². The zero-order valence-corrected chi connectivity index (χ0v) is 13.0. The van der Waals surface area contributed by atoms with E-state index in [4.69, 9.17) is 4.74 Å². The molecule has 2 rings (SSSR count). The van der Waals surface area contributed by atoms with Gasteiger partial charge in [-0.25, -0.2) is 0 Å². The average Bonchev–Trinajstić information content (AvgIpc) is 2.89. The first-order chi connectivity index (χ1) is 9.60. The van der Waals surface area contributed by atoms with Crippen LogP contribution in [0.15, 0.2) is 28.6 Å². The Morgan fingerprint density at radius 3 is 2.80 bits per heavy atom. The third kappa shape index (κ3) is 3.71. The highest BCUT2D eigenvalue weighted by Crippen LogP contribution is 2.23. The molecule has 5 nitrogen and oxygen atoms in total. The molecule has 20 heavy (non-hydrogen) atoms. The SMILES string of the molecule is CSc1nnc(NC(=O)[C@H](C)Oc2ccccc2C)s1. The molecule has 2 aromatic rings. The van der Waals surface area contributed by atoms with Crippen molar-refractivity contribution >= 4 is 34.1 Å². The van der Waals surface area contributed by atoms with Crippen LogP contribution in [-0.4, -0.2) is 28.5 Å². The van der Waals surface area contributed by atoms with Gasteiger partial charge in [0.2, 0.25) is 5.13 Å². The van der Waals surface area contributed by atoms with Gasteiger partial charge in [-0.15, -0.1) is 10.2 Å². The molecular formula is C13H15N3O2S2. The topological polar surface area (TPSA) is 64.1 Å². The van der Waals surface area contributed by atoms with E-state index in [-0.39, 0.29) is 5.91 Å². The number of ether oxygens (including phenoxy) is 1. The molecule has 0 aliphatic rings. The van der Waals surface area contributed by atoms with Crippen LogP contribution < -0.4 is 10.1 Å². The summed E-state index contributed by atoms with van der Waals surface area (Å²) in [4.78, 5) is 12.0. The summed E-state index contributed by atoms with van der Waals surface area (Å²) < 4.78 is 6.46.